The molecular formula is C24H31ClN2O2. The molecule has 2 aromatic carbocycles. The maximum absolute atomic E-state index is 13.4. The minimum absolute atomic E-state index is 0.0505. The minimum Gasteiger partial charge on any atom is -0.267 e. The van der Waals surface area contributed by atoms with E-state index < -0.39 is 5.91 Å². The van der Waals surface area contributed by atoms with Crippen LogP contribution in [-0.2, 0) is 0 Å². The maximum Gasteiger partial charge on any atom is 0.275 e. The molecule has 0 saturated carbocycles. The fourth-order valence-electron chi connectivity index (χ4n) is 3.32. The number of halogens is 1. The molecule has 2 amide bonds. The second-order valence-corrected chi connectivity index (χ2v) is 9.11. The summed E-state index contributed by atoms with van der Waals surface area (Å²) < 4.78 is 0. The van der Waals surface area contributed by atoms with Crippen molar-refractivity contribution in [1.29, 1.82) is 0 Å². The van der Waals surface area contributed by atoms with E-state index in [2.05, 4.69) is 33.1 Å². The van der Waals surface area contributed by atoms with Crippen molar-refractivity contribution in [1.82, 2.24) is 10.4 Å². The lowest BCUT2D eigenvalue weighted by Gasteiger charge is -2.35. The summed E-state index contributed by atoms with van der Waals surface area (Å²) >= 11 is 6.08. The summed E-state index contributed by atoms with van der Waals surface area (Å²) in [5.74, 6) is -0.783. The second kappa shape index (κ2) is 9.55. The number of benzene rings is 2. The summed E-state index contributed by atoms with van der Waals surface area (Å²) in [6, 6.07) is 12.2. The number of carbonyl (C=O) groups is 2. The van der Waals surface area contributed by atoms with E-state index in [0.29, 0.717) is 16.1 Å². The number of carbonyl (C=O) groups excluding carboxylic acids is 2. The first-order valence-corrected chi connectivity index (χ1v) is 10.4. The lowest BCUT2D eigenvalue weighted by molar-refractivity contribution is 0.0425. The molecule has 1 N–H and O–H groups in total. The van der Waals surface area contributed by atoms with Crippen molar-refractivity contribution in [3.05, 3.63) is 69.7 Å². The lowest BCUT2D eigenvalue weighted by atomic mass is 9.84. The molecule has 0 aliphatic carbocycles. The van der Waals surface area contributed by atoms with E-state index in [9.17, 15) is 9.59 Å². The number of rotatable bonds is 6. The van der Waals surface area contributed by atoms with Crippen LogP contribution in [0.5, 0.6) is 0 Å². The Balaban J connectivity index is 2.49. The highest BCUT2D eigenvalue weighted by Gasteiger charge is 2.32. The first-order chi connectivity index (χ1) is 13.5. The van der Waals surface area contributed by atoms with Crippen molar-refractivity contribution >= 4 is 23.4 Å². The van der Waals surface area contributed by atoms with Gasteiger partial charge in [0.15, 0.2) is 0 Å². The smallest absolute Gasteiger partial charge is 0.267 e. The van der Waals surface area contributed by atoms with Gasteiger partial charge in [-0.05, 0) is 56.0 Å². The Hall–Kier alpha value is -2.17. The highest BCUT2D eigenvalue weighted by molar-refractivity contribution is 6.31. The second-order valence-electron chi connectivity index (χ2n) is 8.67. The number of hydrogen-bond acceptors (Lipinski definition) is 3. The first kappa shape index (κ1) is 23.1. The van der Waals surface area contributed by atoms with Gasteiger partial charge in [-0.15, -0.1) is 0 Å². The zero-order chi connectivity index (χ0) is 21.8. The fraction of sp³-hybridized carbons (Fsp3) is 0.417. The highest BCUT2D eigenvalue weighted by atomic mass is 35.5. The monoisotopic (exact) mass is 414 g/mol. The molecule has 0 unspecified atom stereocenters. The van der Waals surface area contributed by atoms with Crippen LogP contribution in [-0.4, -0.2) is 22.9 Å². The number of amides is 2. The van der Waals surface area contributed by atoms with E-state index in [1.54, 1.807) is 36.4 Å². The van der Waals surface area contributed by atoms with Gasteiger partial charge >= 0.3 is 0 Å². The molecule has 1 atom stereocenters. The van der Waals surface area contributed by atoms with Gasteiger partial charge in [0.1, 0.15) is 0 Å². The zero-order valence-corrected chi connectivity index (χ0v) is 18.9. The molecule has 0 spiro atoms. The molecule has 156 valence electrons. The van der Waals surface area contributed by atoms with Gasteiger partial charge in [0.25, 0.3) is 11.8 Å². The molecule has 0 bridgehead atoms. The van der Waals surface area contributed by atoms with Gasteiger partial charge in [-0.2, -0.15) is 0 Å². The van der Waals surface area contributed by atoms with Crippen LogP contribution in [0.4, 0.5) is 0 Å². The first-order valence-electron chi connectivity index (χ1n) is 10.0. The third-order valence-corrected chi connectivity index (χ3v) is 5.09. The third-order valence-electron chi connectivity index (χ3n) is 4.85. The topological polar surface area (TPSA) is 49.4 Å². The standard InChI is InChI=1S/C24H31ClN2O2/c1-7-9-21(24(4,5)6)26-27(22(28)18-10-8-11-20(25)15-18)23(29)19-13-16(2)12-17(3)14-19/h8,10-15,21,26H,7,9H2,1-6H3/t21-/m1/s1. The van der Waals surface area contributed by atoms with Crippen molar-refractivity contribution in [3.63, 3.8) is 0 Å². The summed E-state index contributed by atoms with van der Waals surface area (Å²) in [7, 11) is 0. The molecular weight excluding hydrogens is 384 g/mol. The molecule has 2 aromatic rings. The Bertz CT molecular complexity index is 866. The van der Waals surface area contributed by atoms with Gasteiger partial charge in [0.05, 0.1) is 0 Å². The molecule has 0 aliphatic rings. The van der Waals surface area contributed by atoms with E-state index in [4.69, 9.17) is 11.6 Å². The average molecular weight is 415 g/mol. The van der Waals surface area contributed by atoms with Crippen molar-refractivity contribution in [2.24, 2.45) is 5.41 Å². The van der Waals surface area contributed by atoms with Crippen LogP contribution >= 0.6 is 11.6 Å². The van der Waals surface area contributed by atoms with Gasteiger partial charge in [-0.1, -0.05) is 69.0 Å². The number of imide groups is 1. The van der Waals surface area contributed by atoms with Crippen LogP contribution in [0, 0.1) is 19.3 Å². The van der Waals surface area contributed by atoms with Gasteiger partial charge in [0, 0.05) is 22.2 Å². The van der Waals surface area contributed by atoms with Gasteiger partial charge in [0.2, 0.25) is 0 Å². The van der Waals surface area contributed by atoms with Crippen LogP contribution in [0.3, 0.4) is 0 Å². The summed E-state index contributed by atoms with van der Waals surface area (Å²) in [6.45, 7) is 12.3. The molecule has 0 fully saturated rings. The fourth-order valence-corrected chi connectivity index (χ4v) is 3.51. The molecule has 0 saturated heterocycles. The van der Waals surface area contributed by atoms with Gasteiger partial charge < -0.3 is 0 Å². The van der Waals surface area contributed by atoms with Crippen LogP contribution in [0.2, 0.25) is 5.02 Å². The minimum atomic E-state index is -0.415. The quantitative estimate of drug-likeness (QED) is 0.468. The van der Waals surface area contributed by atoms with Gasteiger partial charge in [-0.25, -0.2) is 10.4 Å². The number of aryl methyl sites for hydroxylation is 2. The molecule has 0 aromatic heterocycles. The maximum atomic E-state index is 13.4. The van der Waals surface area contributed by atoms with Crippen molar-refractivity contribution < 1.29 is 9.59 Å². The van der Waals surface area contributed by atoms with Crippen molar-refractivity contribution in [2.45, 2.75) is 60.4 Å². The molecule has 4 nitrogen and oxygen atoms in total. The molecule has 2 rings (SSSR count). The Morgan fingerprint density at radius 1 is 1.00 bits per heavy atom. The van der Waals surface area contributed by atoms with E-state index in [1.807, 2.05) is 19.9 Å². The summed E-state index contributed by atoms with van der Waals surface area (Å²) in [5, 5.41) is 1.61. The third kappa shape index (κ3) is 6.15. The molecule has 0 aliphatic heterocycles. The van der Waals surface area contributed by atoms with Crippen LogP contribution < -0.4 is 5.43 Å². The highest BCUT2D eigenvalue weighted by Crippen LogP contribution is 2.24. The number of hydrogen-bond donors (Lipinski definition) is 1. The van der Waals surface area contributed by atoms with Crippen molar-refractivity contribution in [3.8, 4) is 0 Å². The molecule has 29 heavy (non-hydrogen) atoms. The normalized spacial score (nSPS) is 12.5. The van der Waals surface area contributed by atoms with E-state index in [1.165, 1.54) is 0 Å². The van der Waals surface area contributed by atoms with E-state index >= 15 is 0 Å². The zero-order valence-electron chi connectivity index (χ0n) is 18.2. The van der Waals surface area contributed by atoms with Gasteiger partial charge in [-0.3, -0.25) is 9.59 Å². The van der Waals surface area contributed by atoms with Crippen LogP contribution in [0.1, 0.15) is 72.4 Å². The van der Waals surface area contributed by atoms with Crippen LogP contribution in [0.15, 0.2) is 42.5 Å². The Morgan fingerprint density at radius 2 is 1.59 bits per heavy atom. The molecule has 5 heteroatoms. The SMILES string of the molecule is CCC[C@@H](NN(C(=O)c1cc(C)cc(C)c1)C(=O)c1cccc(Cl)c1)C(C)(C)C. The Kier molecular flexibility index (Phi) is 7.61. The Labute approximate surface area is 179 Å². The van der Waals surface area contributed by atoms with E-state index in [-0.39, 0.29) is 17.4 Å². The number of nitrogens with zero attached hydrogens (tertiary/aromatic N) is 1. The number of nitrogens with one attached hydrogen (secondary N) is 1. The summed E-state index contributed by atoms with van der Waals surface area (Å²) in [6.07, 6.45) is 1.77. The Morgan fingerprint density at radius 3 is 2.10 bits per heavy atom. The van der Waals surface area contributed by atoms with Crippen molar-refractivity contribution in [2.75, 3.05) is 0 Å². The van der Waals surface area contributed by atoms with Crippen LogP contribution in [0.25, 0.3) is 0 Å². The predicted molar refractivity (Wildman–Crippen MR) is 119 cm³/mol. The summed E-state index contributed by atoms with van der Waals surface area (Å²) in [4.78, 5) is 26.8. The summed E-state index contributed by atoms with van der Waals surface area (Å²) in [5.41, 5.74) is 5.91. The number of hydrazine groups is 1. The average Bonchev–Trinajstić information content (AvgIpc) is 2.62. The largest absolute Gasteiger partial charge is 0.275 e. The van der Waals surface area contributed by atoms with E-state index in [0.717, 1.165) is 29.0 Å². The lowest BCUT2D eigenvalue weighted by Crippen LogP contribution is -2.55. The molecule has 0 heterocycles. The predicted octanol–water partition coefficient (Wildman–Crippen LogP) is 5.96. The molecule has 0 radical (unpaired) electrons.